The first-order valence-electron chi connectivity index (χ1n) is 6.24. The maximum Gasteiger partial charge on any atom is 0.306 e. The second kappa shape index (κ2) is 7.78. The fraction of sp³-hybridized carbons (Fsp3) is 0.357. The Kier molecular flexibility index (Phi) is 6.37. The number of methoxy groups -OCH3 is 1. The molecule has 0 unspecified atom stereocenters. The van der Waals surface area contributed by atoms with Crippen LogP contribution in [0.15, 0.2) is 29.2 Å². The van der Waals surface area contributed by atoms with Crippen molar-refractivity contribution in [3.63, 3.8) is 0 Å². The van der Waals surface area contributed by atoms with E-state index in [1.54, 1.807) is 18.2 Å². The van der Waals surface area contributed by atoms with E-state index in [9.17, 15) is 13.2 Å². The molecule has 0 atom stereocenters. The lowest BCUT2D eigenvalue weighted by atomic mass is 10.2. The number of ether oxygens (including phenoxy) is 1. The van der Waals surface area contributed by atoms with E-state index in [-0.39, 0.29) is 24.4 Å². The fourth-order valence-corrected chi connectivity index (χ4v) is 2.89. The lowest BCUT2D eigenvalue weighted by Gasteiger charge is -2.17. The first-order valence-corrected chi connectivity index (χ1v) is 7.68. The third-order valence-electron chi connectivity index (χ3n) is 2.76. The highest BCUT2D eigenvalue weighted by atomic mass is 32.2. The van der Waals surface area contributed by atoms with Crippen molar-refractivity contribution in [3.8, 4) is 11.8 Å². The number of benzene rings is 1. The lowest BCUT2D eigenvalue weighted by molar-refractivity contribution is -0.140. The van der Waals surface area contributed by atoms with Gasteiger partial charge in [0.05, 0.1) is 25.0 Å². The van der Waals surface area contributed by atoms with Crippen molar-refractivity contribution in [2.24, 2.45) is 5.73 Å². The SMILES string of the molecule is COC(=O)CCN(C)S(=O)(=O)c1ccccc1C#CCN. The highest BCUT2D eigenvalue weighted by Gasteiger charge is 2.23. The van der Waals surface area contributed by atoms with Gasteiger partial charge in [-0.25, -0.2) is 12.7 Å². The van der Waals surface area contributed by atoms with Crippen LogP contribution in [0.5, 0.6) is 0 Å². The van der Waals surface area contributed by atoms with E-state index in [0.717, 1.165) is 4.31 Å². The van der Waals surface area contributed by atoms with Crippen LogP contribution in [0.3, 0.4) is 0 Å². The van der Waals surface area contributed by atoms with Gasteiger partial charge >= 0.3 is 5.97 Å². The Labute approximate surface area is 124 Å². The molecule has 0 bridgehead atoms. The third-order valence-corrected chi connectivity index (χ3v) is 4.67. The predicted molar refractivity (Wildman–Crippen MR) is 78.8 cm³/mol. The molecule has 0 aliphatic heterocycles. The van der Waals surface area contributed by atoms with Crippen LogP contribution in [0, 0.1) is 11.8 Å². The van der Waals surface area contributed by atoms with Crippen LogP contribution in [-0.4, -0.2) is 45.9 Å². The van der Waals surface area contributed by atoms with Crippen molar-refractivity contribution in [1.29, 1.82) is 0 Å². The molecule has 0 saturated heterocycles. The van der Waals surface area contributed by atoms with Gasteiger partial charge in [-0.3, -0.25) is 4.79 Å². The zero-order valence-corrected chi connectivity index (χ0v) is 12.8. The Hall–Kier alpha value is -1.88. The van der Waals surface area contributed by atoms with Gasteiger partial charge in [0.25, 0.3) is 0 Å². The Morgan fingerprint density at radius 1 is 1.38 bits per heavy atom. The molecule has 0 amide bonds. The zero-order chi connectivity index (χ0) is 15.9. The molecule has 0 aliphatic carbocycles. The molecule has 0 saturated carbocycles. The highest BCUT2D eigenvalue weighted by Crippen LogP contribution is 2.18. The van der Waals surface area contributed by atoms with Gasteiger partial charge in [0.2, 0.25) is 10.0 Å². The highest BCUT2D eigenvalue weighted by molar-refractivity contribution is 7.89. The average molecular weight is 310 g/mol. The molecular formula is C14H18N2O4S. The minimum atomic E-state index is -3.72. The summed E-state index contributed by atoms with van der Waals surface area (Å²) >= 11 is 0. The van der Waals surface area contributed by atoms with Crippen LogP contribution in [0.2, 0.25) is 0 Å². The summed E-state index contributed by atoms with van der Waals surface area (Å²) in [7, 11) is -1.06. The monoisotopic (exact) mass is 310 g/mol. The molecule has 0 aliphatic rings. The summed E-state index contributed by atoms with van der Waals surface area (Å²) in [6.07, 6.45) is -0.0110. The maximum atomic E-state index is 12.5. The number of hydrogen-bond acceptors (Lipinski definition) is 5. The van der Waals surface area contributed by atoms with Crippen molar-refractivity contribution in [3.05, 3.63) is 29.8 Å². The molecule has 0 fully saturated rings. The fourth-order valence-electron chi connectivity index (χ4n) is 1.58. The standard InChI is InChI=1S/C14H18N2O4S/c1-16(11-9-14(17)20-2)21(18,19)13-8-4-3-6-12(13)7-5-10-15/h3-4,6,8H,9-11,15H2,1-2H3. The van der Waals surface area contributed by atoms with E-state index < -0.39 is 16.0 Å². The van der Waals surface area contributed by atoms with Gasteiger partial charge in [-0.15, -0.1) is 0 Å². The summed E-state index contributed by atoms with van der Waals surface area (Å²) in [5.41, 5.74) is 5.69. The molecule has 2 N–H and O–H groups in total. The first kappa shape index (κ1) is 17.2. The van der Waals surface area contributed by atoms with Crippen molar-refractivity contribution < 1.29 is 17.9 Å². The summed E-state index contributed by atoms with van der Waals surface area (Å²) in [4.78, 5) is 11.2. The van der Waals surface area contributed by atoms with E-state index >= 15 is 0 Å². The Morgan fingerprint density at radius 2 is 2.05 bits per heavy atom. The molecule has 1 rings (SSSR count). The van der Waals surface area contributed by atoms with Crippen LogP contribution in [0.4, 0.5) is 0 Å². The molecule has 6 nitrogen and oxygen atoms in total. The van der Waals surface area contributed by atoms with Crippen molar-refractivity contribution >= 4 is 16.0 Å². The van der Waals surface area contributed by atoms with E-state index in [1.807, 2.05) is 0 Å². The van der Waals surface area contributed by atoms with Crippen LogP contribution in [0.25, 0.3) is 0 Å². The number of rotatable bonds is 5. The van der Waals surface area contributed by atoms with Crippen LogP contribution < -0.4 is 5.73 Å². The summed E-state index contributed by atoms with van der Waals surface area (Å²) in [5.74, 6) is 4.91. The lowest BCUT2D eigenvalue weighted by Crippen LogP contribution is -2.30. The molecule has 7 heteroatoms. The predicted octanol–water partition coefficient (Wildman–Crippen LogP) is 0.180. The number of carbonyl (C=O) groups is 1. The molecule has 1 aromatic carbocycles. The van der Waals surface area contributed by atoms with E-state index in [2.05, 4.69) is 16.6 Å². The smallest absolute Gasteiger partial charge is 0.306 e. The van der Waals surface area contributed by atoms with Gasteiger partial charge in [-0.05, 0) is 12.1 Å². The molecule has 0 heterocycles. The molecule has 1 aromatic rings. The number of esters is 1. The zero-order valence-electron chi connectivity index (χ0n) is 12.0. The molecule has 114 valence electrons. The van der Waals surface area contributed by atoms with Gasteiger partial charge in [0.15, 0.2) is 0 Å². The van der Waals surface area contributed by atoms with Crippen molar-refractivity contribution in [1.82, 2.24) is 4.31 Å². The van der Waals surface area contributed by atoms with Gasteiger partial charge in [-0.1, -0.05) is 24.0 Å². The number of carbonyl (C=O) groups excluding carboxylic acids is 1. The number of nitrogens with two attached hydrogens (primary N) is 1. The van der Waals surface area contributed by atoms with E-state index in [4.69, 9.17) is 5.73 Å². The topological polar surface area (TPSA) is 89.7 Å². The van der Waals surface area contributed by atoms with Crippen LogP contribution in [-0.2, 0) is 19.6 Å². The number of nitrogens with zero attached hydrogens (tertiary/aromatic N) is 1. The second-order valence-corrected chi connectivity index (χ2v) is 6.17. The molecular weight excluding hydrogens is 292 g/mol. The summed E-state index contributed by atoms with van der Waals surface area (Å²) in [6.45, 7) is 0.181. The summed E-state index contributed by atoms with van der Waals surface area (Å²) < 4.78 is 30.6. The quantitative estimate of drug-likeness (QED) is 0.619. The van der Waals surface area contributed by atoms with Crippen LogP contribution >= 0.6 is 0 Å². The number of sulfonamides is 1. The minimum Gasteiger partial charge on any atom is -0.469 e. The average Bonchev–Trinajstić information content (AvgIpc) is 2.50. The number of hydrogen-bond donors (Lipinski definition) is 1. The summed E-state index contributed by atoms with van der Waals surface area (Å²) in [5, 5.41) is 0. The Bertz CT molecular complexity index is 659. The van der Waals surface area contributed by atoms with Crippen LogP contribution in [0.1, 0.15) is 12.0 Å². The Balaban J connectivity index is 3.05. The van der Waals surface area contributed by atoms with Crippen molar-refractivity contribution in [2.75, 3.05) is 27.2 Å². The molecule has 21 heavy (non-hydrogen) atoms. The largest absolute Gasteiger partial charge is 0.469 e. The van der Waals surface area contributed by atoms with Gasteiger partial charge in [-0.2, -0.15) is 0 Å². The molecule has 0 aromatic heterocycles. The molecule has 0 radical (unpaired) electrons. The van der Waals surface area contributed by atoms with Gasteiger partial charge in [0, 0.05) is 19.2 Å². The summed E-state index contributed by atoms with van der Waals surface area (Å²) in [6, 6.07) is 6.41. The normalized spacial score (nSPS) is 10.9. The van der Waals surface area contributed by atoms with Crippen molar-refractivity contribution in [2.45, 2.75) is 11.3 Å². The maximum absolute atomic E-state index is 12.5. The molecule has 0 spiro atoms. The first-order chi connectivity index (χ1) is 9.93. The van der Waals surface area contributed by atoms with Gasteiger partial charge in [0.1, 0.15) is 0 Å². The second-order valence-electron chi connectivity index (χ2n) is 4.15. The van der Waals surface area contributed by atoms with E-state index in [1.165, 1.54) is 20.2 Å². The van der Waals surface area contributed by atoms with E-state index in [0.29, 0.717) is 5.56 Å². The van der Waals surface area contributed by atoms with Gasteiger partial charge < -0.3 is 10.5 Å². The Morgan fingerprint density at radius 3 is 2.67 bits per heavy atom. The third kappa shape index (κ3) is 4.56. The minimum absolute atomic E-state index is 0.0110.